The zero-order valence-corrected chi connectivity index (χ0v) is 17.5. The molecule has 1 aliphatic heterocycles. The van der Waals surface area contributed by atoms with Gasteiger partial charge in [0.25, 0.3) is 5.95 Å². The molecule has 0 saturated carbocycles. The van der Waals surface area contributed by atoms with Gasteiger partial charge in [0, 0.05) is 24.2 Å². The first kappa shape index (κ1) is 19.9. The molecule has 0 spiro atoms. The van der Waals surface area contributed by atoms with Crippen LogP contribution in [0.25, 0.3) is 10.9 Å². The van der Waals surface area contributed by atoms with Crippen molar-refractivity contribution in [1.29, 1.82) is 0 Å². The third-order valence-electron chi connectivity index (χ3n) is 5.11. The van der Waals surface area contributed by atoms with Gasteiger partial charge in [-0.25, -0.2) is 0 Å². The maximum atomic E-state index is 10.2. The van der Waals surface area contributed by atoms with E-state index in [0.29, 0.717) is 43.9 Å². The lowest BCUT2D eigenvalue weighted by atomic mass is 10.2. The molecule has 0 aliphatic carbocycles. The SMILES string of the molecule is Cc1ccc(Nc2nc(N=Nc3c(O)[nH]c4ccccc34)nc(N3CCOCC3)n2)cc1. The molecule has 0 radical (unpaired) electrons. The van der Waals surface area contributed by atoms with Gasteiger partial charge in [0.05, 0.1) is 18.7 Å². The van der Waals surface area contributed by atoms with Crippen LogP contribution in [-0.4, -0.2) is 51.3 Å². The lowest BCUT2D eigenvalue weighted by molar-refractivity contribution is 0.122. The van der Waals surface area contributed by atoms with Gasteiger partial charge in [-0.05, 0) is 25.1 Å². The van der Waals surface area contributed by atoms with E-state index in [1.165, 1.54) is 0 Å². The first-order valence-electron chi connectivity index (χ1n) is 10.3. The molecule has 1 aliphatic rings. The van der Waals surface area contributed by atoms with Crippen LogP contribution in [0.5, 0.6) is 5.88 Å². The van der Waals surface area contributed by atoms with Gasteiger partial charge in [-0.15, -0.1) is 10.2 Å². The first-order valence-corrected chi connectivity index (χ1v) is 10.3. The molecule has 10 nitrogen and oxygen atoms in total. The fourth-order valence-electron chi connectivity index (χ4n) is 3.43. The van der Waals surface area contributed by atoms with E-state index in [2.05, 4.69) is 35.5 Å². The van der Waals surface area contributed by atoms with Crippen molar-refractivity contribution in [3.05, 3.63) is 54.1 Å². The molecule has 3 N–H and O–H groups in total. The molecule has 1 fully saturated rings. The summed E-state index contributed by atoms with van der Waals surface area (Å²) in [6.45, 7) is 4.59. The quantitative estimate of drug-likeness (QED) is 0.402. The number of hydrogen-bond donors (Lipinski definition) is 3. The molecule has 0 unspecified atom stereocenters. The van der Waals surface area contributed by atoms with Crippen molar-refractivity contribution in [2.75, 3.05) is 36.5 Å². The maximum absolute atomic E-state index is 10.2. The van der Waals surface area contributed by atoms with Gasteiger partial charge in [-0.1, -0.05) is 35.9 Å². The molecular formula is C22H22N8O2. The highest BCUT2D eigenvalue weighted by Crippen LogP contribution is 2.36. The van der Waals surface area contributed by atoms with Crippen LogP contribution in [0.3, 0.4) is 0 Å². The van der Waals surface area contributed by atoms with Crippen molar-refractivity contribution < 1.29 is 9.84 Å². The molecule has 5 rings (SSSR count). The summed E-state index contributed by atoms with van der Waals surface area (Å²) >= 11 is 0. The standard InChI is InChI=1S/C22H22N8O2/c1-14-6-8-15(9-7-14)23-20-25-21(27-22(26-20)30-10-12-32-13-11-30)29-28-18-16-4-2-3-5-17(16)24-19(18)31/h2-9,24,31H,10-13H2,1H3,(H,23,25,26,27). The van der Waals surface area contributed by atoms with Crippen LogP contribution in [0.4, 0.5) is 29.2 Å². The van der Waals surface area contributed by atoms with Crippen LogP contribution < -0.4 is 10.2 Å². The Balaban J connectivity index is 1.50. The number of ether oxygens (including phenoxy) is 1. The highest BCUT2D eigenvalue weighted by atomic mass is 16.5. The minimum atomic E-state index is -0.0598. The fraction of sp³-hybridized carbons (Fsp3) is 0.227. The molecule has 0 bridgehead atoms. The summed E-state index contributed by atoms with van der Waals surface area (Å²) in [7, 11) is 0. The summed E-state index contributed by atoms with van der Waals surface area (Å²) in [6, 6.07) is 15.4. The Labute approximate surface area is 184 Å². The molecule has 0 amide bonds. The average molecular weight is 430 g/mol. The molecule has 1 saturated heterocycles. The van der Waals surface area contributed by atoms with Gasteiger partial charge < -0.3 is 25.0 Å². The third-order valence-corrected chi connectivity index (χ3v) is 5.11. The summed E-state index contributed by atoms with van der Waals surface area (Å²) in [4.78, 5) is 18.4. The Kier molecular flexibility index (Phi) is 5.34. The van der Waals surface area contributed by atoms with E-state index in [0.717, 1.165) is 22.2 Å². The van der Waals surface area contributed by atoms with Crippen molar-refractivity contribution in [2.24, 2.45) is 10.2 Å². The van der Waals surface area contributed by atoms with Crippen LogP contribution in [0.15, 0.2) is 58.8 Å². The number of benzene rings is 2. The minimum Gasteiger partial charge on any atom is -0.493 e. The van der Waals surface area contributed by atoms with Crippen LogP contribution in [0, 0.1) is 6.92 Å². The normalized spacial score (nSPS) is 14.3. The number of aryl methyl sites for hydroxylation is 1. The Morgan fingerprint density at radius 3 is 2.59 bits per heavy atom. The first-order chi connectivity index (χ1) is 15.7. The second kappa shape index (κ2) is 8.60. The number of morpholine rings is 1. The predicted molar refractivity (Wildman–Crippen MR) is 121 cm³/mol. The maximum Gasteiger partial charge on any atom is 0.275 e. The zero-order chi connectivity index (χ0) is 21.9. The van der Waals surface area contributed by atoms with Gasteiger partial charge in [0.15, 0.2) is 5.69 Å². The van der Waals surface area contributed by atoms with Gasteiger partial charge in [-0.2, -0.15) is 15.0 Å². The smallest absolute Gasteiger partial charge is 0.275 e. The summed E-state index contributed by atoms with van der Waals surface area (Å²) < 4.78 is 5.44. The Morgan fingerprint density at radius 1 is 1.00 bits per heavy atom. The molecule has 3 heterocycles. The number of H-pyrrole nitrogens is 1. The van der Waals surface area contributed by atoms with E-state index in [4.69, 9.17) is 4.74 Å². The van der Waals surface area contributed by atoms with Crippen molar-refractivity contribution >= 4 is 40.1 Å². The second-order valence-electron chi connectivity index (χ2n) is 7.42. The number of hydrogen-bond acceptors (Lipinski definition) is 9. The Bertz CT molecular complexity index is 1260. The van der Waals surface area contributed by atoms with Crippen LogP contribution in [0.1, 0.15) is 5.56 Å². The average Bonchev–Trinajstić information content (AvgIpc) is 3.14. The van der Waals surface area contributed by atoms with E-state index < -0.39 is 0 Å². The molecule has 32 heavy (non-hydrogen) atoms. The number of aromatic nitrogens is 4. The largest absolute Gasteiger partial charge is 0.493 e. The topological polar surface area (TPSA) is 124 Å². The zero-order valence-electron chi connectivity index (χ0n) is 17.5. The highest BCUT2D eigenvalue weighted by molar-refractivity contribution is 5.94. The monoisotopic (exact) mass is 430 g/mol. The van der Waals surface area contributed by atoms with Gasteiger partial charge in [0.2, 0.25) is 17.8 Å². The van der Waals surface area contributed by atoms with Crippen LogP contribution >= 0.6 is 0 Å². The van der Waals surface area contributed by atoms with E-state index in [9.17, 15) is 5.11 Å². The van der Waals surface area contributed by atoms with Crippen LogP contribution in [-0.2, 0) is 4.74 Å². The summed E-state index contributed by atoms with van der Waals surface area (Å²) in [5.41, 5.74) is 3.12. The van der Waals surface area contributed by atoms with E-state index in [1.807, 2.05) is 60.4 Å². The Hall–Kier alpha value is -4.05. The fourth-order valence-corrected chi connectivity index (χ4v) is 3.43. The predicted octanol–water partition coefficient (Wildman–Crippen LogP) is 4.36. The van der Waals surface area contributed by atoms with E-state index in [-0.39, 0.29) is 11.8 Å². The molecular weight excluding hydrogens is 408 g/mol. The van der Waals surface area contributed by atoms with Crippen molar-refractivity contribution in [3.8, 4) is 5.88 Å². The number of azo groups is 1. The number of nitrogens with zero attached hydrogens (tertiary/aromatic N) is 6. The van der Waals surface area contributed by atoms with E-state index in [1.54, 1.807) is 0 Å². The van der Waals surface area contributed by atoms with E-state index >= 15 is 0 Å². The summed E-state index contributed by atoms with van der Waals surface area (Å²) in [6.07, 6.45) is 0. The summed E-state index contributed by atoms with van der Waals surface area (Å²) in [5, 5.41) is 22.7. The molecule has 4 aromatic rings. The van der Waals surface area contributed by atoms with Crippen molar-refractivity contribution in [3.63, 3.8) is 0 Å². The van der Waals surface area contributed by atoms with Crippen molar-refractivity contribution in [2.45, 2.75) is 6.92 Å². The highest BCUT2D eigenvalue weighted by Gasteiger charge is 2.17. The number of rotatable bonds is 5. The molecule has 2 aromatic heterocycles. The third kappa shape index (κ3) is 4.21. The minimum absolute atomic E-state index is 0.0598. The lowest BCUT2D eigenvalue weighted by Crippen LogP contribution is -2.37. The number of nitrogens with one attached hydrogen (secondary N) is 2. The molecule has 10 heteroatoms. The van der Waals surface area contributed by atoms with Gasteiger partial charge in [0.1, 0.15) is 0 Å². The number of aromatic amines is 1. The number of fused-ring (bicyclic) bond motifs is 1. The van der Waals surface area contributed by atoms with Gasteiger partial charge in [-0.3, -0.25) is 0 Å². The lowest BCUT2D eigenvalue weighted by Gasteiger charge is -2.26. The van der Waals surface area contributed by atoms with Crippen LogP contribution in [0.2, 0.25) is 0 Å². The van der Waals surface area contributed by atoms with Crippen molar-refractivity contribution in [1.82, 2.24) is 19.9 Å². The number of aromatic hydroxyl groups is 1. The van der Waals surface area contributed by atoms with Gasteiger partial charge >= 0.3 is 0 Å². The Morgan fingerprint density at radius 2 is 1.78 bits per heavy atom. The number of para-hydroxylation sites is 1. The second-order valence-corrected chi connectivity index (χ2v) is 7.42. The summed E-state index contributed by atoms with van der Waals surface area (Å²) in [5.74, 6) is 0.939. The molecule has 162 valence electrons. The molecule has 2 aromatic carbocycles. The number of anilines is 3. The molecule has 0 atom stereocenters.